The molecule has 0 fully saturated rings. The molecule has 0 spiro atoms. The lowest BCUT2D eigenvalue weighted by atomic mass is 10.1. The topological polar surface area (TPSA) is 36.4 Å². The first kappa shape index (κ1) is 22.3. The third kappa shape index (κ3) is 11.5. The molecule has 0 saturated carbocycles. The summed E-state index contributed by atoms with van der Waals surface area (Å²) in [5.74, 6) is 0.598. The molecule has 8 heteroatoms. The van der Waals surface area contributed by atoms with E-state index in [1.165, 1.54) is 0 Å². The highest BCUT2D eigenvalue weighted by Gasteiger charge is 2.25. The maximum atomic E-state index is 12.0. The number of guanidine groups is 1. The maximum absolute atomic E-state index is 12.0. The Kier molecular flexibility index (Phi) is 11.4. The van der Waals surface area contributed by atoms with E-state index >= 15 is 0 Å². The van der Waals surface area contributed by atoms with Crippen molar-refractivity contribution in [3.63, 3.8) is 0 Å². The van der Waals surface area contributed by atoms with E-state index in [1.54, 1.807) is 7.05 Å². The third-order valence-electron chi connectivity index (χ3n) is 3.02. The third-order valence-corrected chi connectivity index (χ3v) is 3.27. The van der Waals surface area contributed by atoms with E-state index < -0.39 is 12.6 Å². The van der Waals surface area contributed by atoms with Crippen LogP contribution < -0.4 is 10.6 Å². The molecular weight excluding hydrogens is 442 g/mol. The monoisotopic (exact) mass is 463 g/mol. The van der Waals surface area contributed by atoms with Gasteiger partial charge in [-0.1, -0.05) is 23.7 Å². The summed E-state index contributed by atoms with van der Waals surface area (Å²) >= 11 is 5.81. The number of benzene rings is 1. The minimum Gasteiger partial charge on any atom is -0.356 e. The molecule has 0 saturated heterocycles. The summed E-state index contributed by atoms with van der Waals surface area (Å²) < 4.78 is 36.0. The van der Waals surface area contributed by atoms with Crippen LogP contribution in [-0.4, -0.2) is 32.3 Å². The largest absolute Gasteiger partial charge is 0.389 e. The molecule has 0 aliphatic rings. The van der Waals surface area contributed by atoms with Gasteiger partial charge in [0, 0.05) is 31.6 Å². The SMILES string of the molecule is CN=C(NCCCCC(F)(F)F)NCCc1ccc(Cl)cc1.I. The van der Waals surface area contributed by atoms with Gasteiger partial charge in [-0.15, -0.1) is 24.0 Å². The second-order valence-corrected chi connectivity index (χ2v) is 5.31. The summed E-state index contributed by atoms with van der Waals surface area (Å²) in [5.41, 5.74) is 1.15. The summed E-state index contributed by atoms with van der Waals surface area (Å²) in [7, 11) is 1.63. The van der Waals surface area contributed by atoms with E-state index in [4.69, 9.17) is 11.6 Å². The van der Waals surface area contributed by atoms with Gasteiger partial charge in [0.15, 0.2) is 5.96 Å². The fraction of sp³-hybridized carbons (Fsp3) is 0.533. The highest BCUT2D eigenvalue weighted by Crippen LogP contribution is 2.21. The highest BCUT2D eigenvalue weighted by atomic mass is 127. The average molecular weight is 464 g/mol. The predicted molar refractivity (Wildman–Crippen MR) is 99.8 cm³/mol. The molecule has 1 aromatic carbocycles. The van der Waals surface area contributed by atoms with Crippen LogP contribution in [0.3, 0.4) is 0 Å². The number of aliphatic imine (C=N–C) groups is 1. The number of nitrogens with one attached hydrogen (secondary N) is 2. The molecule has 0 unspecified atom stereocenters. The normalized spacial score (nSPS) is 11.8. The smallest absolute Gasteiger partial charge is 0.356 e. The Balaban J connectivity index is 0.00000484. The molecule has 1 aromatic rings. The molecule has 132 valence electrons. The van der Waals surface area contributed by atoms with Crippen LogP contribution in [0, 0.1) is 0 Å². The van der Waals surface area contributed by atoms with Crippen LogP contribution in [0.1, 0.15) is 24.8 Å². The quantitative estimate of drug-likeness (QED) is 0.272. The van der Waals surface area contributed by atoms with Gasteiger partial charge in [0.25, 0.3) is 0 Å². The fourth-order valence-electron chi connectivity index (χ4n) is 1.85. The van der Waals surface area contributed by atoms with Crippen molar-refractivity contribution in [2.75, 3.05) is 20.1 Å². The van der Waals surface area contributed by atoms with Gasteiger partial charge >= 0.3 is 6.18 Å². The van der Waals surface area contributed by atoms with Crippen molar-refractivity contribution in [2.45, 2.75) is 31.9 Å². The number of hydrogen-bond acceptors (Lipinski definition) is 1. The molecular formula is C15H22ClF3IN3. The fourth-order valence-corrected chi connectivity index (χ4v) is 1.98. The molecule has 0 aliphatic heterocycles. The summed E-state index contributed by atoms with van der Waals surface area (Å²) in [6.07, 6.45) is -3.42. The molecule has 2 N–H and O–H groups in total. The maximum Gasteiger partial charge on any atom is 0.389 e. The molecule has 0 heterocycles. The zero-order chi connectivity index (χ0) is 16.4. The summed E-state index contributed by atoms with van der Waals surface area (Å²) in [6, 6.07) is 7.59. The summed E-state index contributed by atoms with van der Waals surface area (Å²) in [5, 5.41) is 6.83. The predicted octanol–water partition coefficient (Wildman–Crippen LogP) is 4.40. The zero-order valence-corrected chi connectivity index (χ0v) is 16.0. The molecule has 0 radical (unpaired) electrons. The van der Waals surface area contributed by atoms with Crippen LogP contribution >= 0.6 is 35.6 Å². The van der Waals surface area contributed by atoms with Crippen molar-refractivity contribution in [2.24, 2.45) is 4.99 Å². The van der Waals surface area contributed by atoms with E-state index in [1.807, 2.05) is 24.3 Å². The first-order valence-electron chi connectivity index (χ1n) is 7.16. The lowest BCUT2D eigenvalue weighted by Crippen LogP contribution is -2.38. The van der Waals surface area contributed by atoms with Crippen molar-refractivity contribution in [1.29, 1.82) is 0 Å². The molecule has 0 amide bonds. The lowest BCUT2D eigenvalue weighted by molar-refractivity contribution is -0.135. The molecule has 23 heavy (non-hydrogen) atoms. The minimum atomic E-state index is -4.07. The number of rotatable bonds is 7. The molecule has 0 atom stereocenters. The Hall–Kier alpha value is -0.700. The number of hydrogen-bond donors (Lipinski definition) is 2. The lowest BCUT2D eigenvalue weighted by Gasteiger charge is -2.12. The van der Waals surface area contributed by atoms with E-state index in [9.17, 15) is 13.2 Å². The van der Waals surface area contributed by atoms with Crippen molar-refractivity contribution < 1.29 is 13.2 Å². The molecule has 1 rings (SSSR count). The zero-order valence-electron chi connectivity index (χ0n) is 12.9. The van der Waals surface area contributed by atoms with E-state index in [0.717, 1.165) is 12.0 Å². The Morgan fingerprint density at radius 2 is 1.70 bits per heavy atom. The Bertz CT molecular complexity index is 464. The van der Waals surface area contributed by atoms with E-state index in [-0.39, 0.29) is 30.4 Å². The Labute approximate surface area is 157 Å². The number of halogens is 5. The van der Waals surface area contributed by atoms with E-state index in [0.29, 0.717) is 30.5 Å². The van der Waals surface area contributed by atoms with Crippen molar-refractivity contribution in [3.05, 3.63) is 34.9 Å². The van der Waals surface area contributed by atoms with Crippen LogP contribution in [0.2, 0.25) is 5.02 Å². The van der Waals surface area contributed by atoms with Gasteiger partial charge in [0.1, 0.15) is 0 Å². The minimum absolute atomic E-state index is 0. The first-order valence-corrected chi connectivity index (χ1v) is 7.54. The molecule has 0 bridgehead atoms. The number of alkyl halides is 3. The van der Waals surface area contributed by atoms with Gasteiger partial charge in [-0.2, -0.15) is 13.2 Å². The second kappa shape index (κ2) is 11.8. The van der Waals surface area contributed by atoms with Crippen LogP contribution in [0.15, 0.2) is 29.3 Å². The molecule has 0 aliphatic carbocycles. The second-order valence-electron chi connectivity index (χ2n) is 4.87. The van der Waals surface area contributed by atoms with Gasteiger partial charge in [-0.05, 0) is 37.0 Å². The van der Waals surface area contributed by atoms with Gasteiger partial charge in [0.05, 0.1) is 0 Å². The van der Waals surface area contributed by atoms with Crippen molar-refractivity contribution in [1.82, 2.24) is 10.6 Å². The Morgan fingerprint density at radius 1 is 1.09 bits per heavy atom. The van der Waals surface area contributed by atoms with Crippen molar-refractivity contribution in [3.8, 4) is 0 Å². The van der Waals surface area contributed by atoms with Crippen LogP contribution in [-0.2, 0) is 6.42 Å². The first-order chi connectivity index (χ1) is 10.4. The van der Waals surface area contributed by atoms with E-state index in [2.05, 4.69) is 15.6 Å². The Morgan fingerprint density at radius 3 is 2.26 bits per heavy atom. The highest BCUT2D eigenvalue weighted by molar-refractivity contribution is 14.0. The van der Waals surface area contributed by atoms with Gasteiger partial charge in [0.2, 0.25) is 0 Å². The summed E-state index contributed by atoms with van der Waals surface area (Å²) in [6.45, 7) is 1.15. The summed E-state index contributed by atoms with van der Waals surface area (Å²) in [4.78, 5) is 4.03. The number of nitrogens with zero attached hydrogens (tertiary/aromatic N) is 1. The molecule has 3 nitrogen and oxygen atoms in total. The molecule has 0 aromatic heterocycles. The van der Waals surface area contributed by atoms with Crippen molar-refractivity contribution >= 4 is 41.5 Å². The van der Waals surface area contributed by atoms with Gasteiger partial charge in [-0.3, -0.25) is 4.99 Å². The standard InChI is InChI=1S/C15H21ClF3N3.HI/c1-20-14(21-10-3-2-9-15(17,18)19)22-11-8-12-4-6-13(16)7-5-12;/h4-7H,2-3,8-11H2,1H3,(H2,20,21,22);1H. The van der Waals surface area contributed by atoms with Crippen LogP contribution in [0.4, 0.5) is 13.2 Å². The van der Waals surface area contributed by atoms with Crippen LogP contribution in [0.5, 0.6) is 0 Å². The van der Waals surface area contributed by atoms with Gasteiger partial charge in [-0.25, -0.2) is 0 Å². The number of unbranched alkanes of at least 4 members (excludes halogenated alkanes) is 1. The van der Waals surface area contributed by atoms with Crippen LogP contribution in [0.25, 0.3) is 0 Å². The van der Waals surface area contributed by atoms with Gasteiger partial charge < -0.3 is 10.6 Å². The average Bonchev–Trinajstić information content (AvgIpc) is 2.46.